The second kappa shape index (κ2) is 7.66. The number of nitrogens with zero attached hydrogens (tertiary/aromatic N) is 3. The van der Waals surface area contributed by atoms with E-state index in [1.165, 1.54) is 0 Å². The number of carbonyl (C=O) groups excluding carboxylic acids is 1. The van der Waals surface area contributed by atoms with Gasteiger partial charge < -0.3 is 19.3 Å². The van der Waals surface area contributed by atoms with E-state index in [9.17, 15) is 4.79 Å². The molecule has 23 heavy (non-hydrogen) atoms. The highest BCUT2D eigenvalue weighted by Crippen LogP contribution is 2.28. The molecule has 2 heterocycles. The largest absolute Gasteiger partial charge is 0.495 e. The number of hydrogen-bond donors (Lipinski definition) is 0. The van der Waals surface area contributed by atoms with Gasteiger partial charge in [0.2, 0.25) is 5.91 Å². The first-order valence-corrected chi connectivity index (χ1v) is 8.24. The van der Waals surface area contributed by atoms with E-state index in [0.29, 0.717) is 6.54 Å². The molecule has 2 saturated heterocycles. The van der Waals surface area contributed by atoms with Gasteiger partial charge in [-0.3, -0.25) is 9.69 Å². The third kappa shape index (κ3) is 3.95. The highest BCUT2D eigenvalue weighted by Gasteiger charge is 2.24. The predicted molar refractivity (Wildman–Crippen MR) is 89.0 cm³/mol. The summed E-state index contributed by atoms with van der Waals surface area (Å²) in [6.07, 6.45) is 0. The van der Waals surface area contributed by atoms with Gasteiger partial charge in [-0.15, -0.1) is 0 Å². The van der Waals surface area contributed by atoms with Crippen molar-refractivity contribution in [2.45, 2.75) is 0 Å². The minimum atomic E-state index is 0.228. The molecule has 0 radical (unpaired) electrons. The molecule has 2 aliphatic rings. The first-order valence-electron chi connectivity index (χ1n) is 8.24. The van der Waals surface area contributed by atoms with Crippen LogP contribution in [0.25, 0.3) is 0 Å². The summed E-state index contributed by atoms with van der Waals surface area (Å²) in [6, 6.07) is 8.05. The summed E-state index contributed by atoms with van der Waals surface area (Å²) >= 11 is 0. The summed E-state index contributed by atoms with van der Waals surface area (Å²) in [5.74, 6) is 1.12. The summed E-state index contributed by atoms with van der Waals surface area (Å²) in [5.41, 5.74) is 1.11. The van der Waals surface area contributed by atoms with Gasteiger partial charge in [0, 0.05) is 39.3 Å². The fourth-order valence-electron chi connectivity index (χ4n) is 3.14. The molecular formula is C17H25N3O3. The summed E-state index contributed by atoms with van der Waals surface area (Å²) < 4.78 is 10.8. The van der Waals surface area contributed by atoms with E-state index in [1.54, 1.807) is 7.11 Å². The molecule has 1 amide bonds. The first kappa shape index (κ1) is 16.1. The summed E-state index contributed by atoms with van der Waals surface area (Å²) in [6.45, 7) is 6.90. The third-order valence-electron chi connectivity index (χ3n) is 4.52. The van der Waals surface area contributed by atoms with Crippen molar-refractivity contribution < 1.29 is 14.3 Å². The van der Waals surface area contributed by atoms with Gasteiger partial charge in [0.25, 0.3) is 0 Å². The maximum absolute atomic E-state index is 12.4. The number of carbonyl (C=O) groups is 1. The standard InChI is InChI=1S/C17H25N3O3/c1-22-16-5-3-2-4-15(16)19-6-8-20(9-7-19)17(21)14-18-10-12-23-13-11-18/h2-5H,6-14H2,1H3. The lowest BCUT2D eigenvalue weighted by molar-refractivity contribution is -0.133. The van der Waals surface area contributed by atoms with Crippen molar-refractivity contribution in [1.82, 2.24) is 9.80 Å². The van der Waals surface area contributed by atoms with Crippen LogP contribution in [-0.2, 0) is 9.53 Å². The Kier molecular flexibility index (Phi) is 5.35. The zero-order valence-electron chi connectivity index (χ0n) is 13.7. The Morgan fingerprint density at radius 1 is 1.09 bits per heavy atom. The molecule has 3 rings (SSSR count). The van der Waals surface area contributed by atoms with Gasteiger partial charge >= 0.3 is 0 Å². The van der Waals surface area contributed by atoms with E-state index in [2.05, 4.69) is 15.9 Å². The zero-order valence-corrected chi connectivity index (χ0v) is 13.7. The summed E-state index contributed by atoms with van der Waals surface area (Å²) in [5, 5.41) is 0. The average molecular weight is 319 g/mol. The van der Waals surface area contributed by atoms with E-state index in [0.717, 1.165) is 63.9 Å². The van der Waals surface area contributed by atoms with Crippen molar-refractivity contribution in [3.8, 4) is 5.75 Å². The lowest BCUT2D eigenvalue weighted by Gasteiger charge is -2.37. The van der Waals surface area contributed by atoms with Gasteiger partial charge in [-0.05, 0) is 12.1 Å². The molecule has 0 atom stereocenters. The Balaban J connectivity index is 1.52. The van der Waals surface area contributed by atoms with Gasteiger partial charge in [-0.2, -0.15) is 0 Å². The number of piperazine rings is 1. The molecule has 0 aromatic heterocycles. The molecular weight excluding hydrogens is 294 g/mol. The number of methoxy groups -OCH3 is 1. The molecule has 6 nitrogen and oxygen atoms in total. The maximum atomic E-state index is 12.4. The van der Waals surface area contributed by atoms with Gasteiger partial charge in [0.1, 0.15) is 5.75 Å². The second-order valence-corrected chi connectivity index (χ2v) is 5.93. The Hall–Kier alpha value is -1.79. The highest BCUT2D eigenvalue weighted by atomic mass is 16.5. The van der Waals surface area contributed by atoms with Crippen molar-refractivity contribution in [2.24, 2.45) is 0 Å². The maximum Gasteiger partial charge on any atom is 0.236 e. The molecule has 0 spiro atoms. The number of hydrogen-bond acceptors (Lipinski definition) is 5. The van der Waals surface area contributed by atoms with Gasteiger partial charge in [-0.25, -0.2) is 0 Å². The van der Waals surface area contributed by atoms with Crippen molar-refractivity contribution in [3.63, 3.8) is 0 Å². The van der Waals surface area contributed by atoms with Crippen molar-refractivity contribution >= 4 is 11.6 Å². The first-order chi connectivity index (χ1) is 11.3. The fourth-order valence-corrected chi connectivity index (χ4v) is 3.14. The molecule has 126 valence electrons. The van der Waals surface area contributed by atoms with Crippen LogP contribution in [0.15, 0.2) is 24.3 Å². The van der Waals surface area contributed by atoms with Crippen LogP contribution < -0.4 is 9.64 Å². The Labute approximate surface area is 137 Å². The molecule has 1 aromatic carbocycles. The van der Waals surface area contributed by atoms with E-state index < -0.39 is 0 Å². The lowest BCUT2D eigenvalue weighted by Crippen LogP contribution is -2.52. The Bertz CT molecular complexity index is 524. The highest BCUT2D eigenvalue weighted by molar-refractivity contribution is 5.78. The number of ether oxygens (including phenoxy) is 2. The summed E-state index contributed by atoms with van der Waals surface area (Å²) in [7, 11) is 1.70. The minimum absolute atomic E-state index is 0.228. The Morgan fingerprint density at radius 2 is 1.78 bits per heavy atom. The zero-order chi connectivity index (χ0) is 16.1. The topological polar surface area (TPSA) is 45.2 Å². The van der Waals surface area contributed by atoms with Gasteiger partial charge in [0.05, 0.1) is 32.6 Å². The van der Waals surface area contributed by atoms with Crippen molar-refractivity contribution in [1.29, 1.82) is 0 Å². The van der Waals surface area contributed by atoms with Crippen LogP contribution in [0.5, 0.6) is 5.75 Å². The SMILES string of the molecule is COc1ccccc1N1CCN(C(=O)CN2CCOCC2)CC1. The van der Waals surface area contributed by atoms with Gasteiger partial charge in [-0.1, -0.05) is 12.1 Å². The second-order valence-electron chi connectivity index (χ2n) is 5.93. The number of benzene rings is 1. The smallest absolute Gasteiger partial charge is 0.236 e. The minimum Gasteiger partial charge on any atom is -0.495 e. The molecule has 0 aliphatic carbocycles. The van der Waals surface area contributed by atoms with Crippen LogP contribution >= 0.6 is 0 Å². The quantitative estimate of drug-likeness (QED) is 0.816. The van der Waals surface area contributed by atoms with Crippen LogP contribution in [0, 0.1) is 0 Å². The molecule has 0 bridgehead atoms. The molecule has 0 N–H and O–H groups in total. The van der Waals surface area contributed by atoms with Crippen LogP contribution in [-0.4, -0.2) is 81.8 Å². The van der Waals surface area contributed by atoms with E-state index in [4.69, 9.17) is 9.47 Å². The van der Waals surface area contributed by atoms with Crippen molar-refractivity contribution in [3.05, 3.63) is 24.3 Å². The number of amides is 1. The van der Waals surface area contributed by atoms with E-state index >= 15 is 0 Å². The lowest BCUT2D eigenvalue weighted by atomic mass is 10.2. The van der Waals surface area contributed by atoms with Crippen LogP contribution in [0.1, 0.15) is 0 Å². The number of rotatable bonds is 4. The molecule has 0 saturated carbocycles. The molecule has 2 fully saturated rings. The van der Waals surface area contributed by atoms with Crippen LogP contribution in [0.3, 0.4) is 0 Å². The van der Waals surface area contributed by atoms with Gasteiger partial charge in [0.15, 0.2) is 0 Å². The Morgan fingerprint density at radius 3 is 2.48 bits per heavy atom. The number of morpholine rings is 1. The monoisotopic (exact) mass is 319 g/mol. The van der Waals surface area contributed by atoms with E-state index in [-0.39, 0.29) is 5.91 Å². The predicted octanol–water partition coefficient (Wildman–Crippen LogP) is 0.676. The fraction of sp³-hybridized carbons (Fsp3) is 0.588. The number of anilines is 1. The molecule has 1 aromatic rings. The normalized spacial score (nSPS) is 19.7. The average Bonchev–Trinajstić information content (AvgIpc) is 2.62. The number of para-hydroxylation sites is 2. The van der Waals surface area contributed by atoms with Crippen molar-refractivity contribution in [2.75, 3.05) is 71.0 Å². The summed E-state index contributed by atoms with van der Waals surface area (Å²) in [4.78, 5) is 18.9. The van der Waals surface area contributed by atoms with Crippen LogP contribution in [0.2, 0.25) is 0 Å². The molecule has 0 unspecified atom stereocenters. The molecule has 2 aliphatic heterocycles. The van der Waals surface area contributed by atoms with E-state index in [1.807, 2.05) is 23.1 Å². The molecule has 6 heteroatoms. The third-order valence-corrected chi connectivity index (χ3v) is 4.52. The van der Waals surface area contributed by atoms with Crippen LogP contribution in [0.4, 0.5) is 5.69 Å².